The fourth-order valence-corrected chi connectivity index (χ4v) is 2.26. The second kappa shape index (κ2) is 7.47. The zero-order valence-electron chi connectivity index (χ0n) is 11.5. The van der Waals surface area contributed by atoms with Crippen molar-refractivity contribution in [2.75, 3.05) is 40.0 Å². The van der Waals surface area contributed by atoms with Crippen LogP contribution in [0.2, 0.25) is 5.02 Å². The van der Waals surface area contributed by atoms with Gasteiger partial charge in [-0.2, -0.15) is 0 Å². The quantitative estimate of drug-likeness (QED) is 0.890. The molecule has 0 atom stereocenters. The number of benzene rings is 1. The lowest BCUT2D eigenvalue weighted by atomic mass is 10.2. The van der Waals surface area contributed by atoms with Crippen molar-refractivity contribution in [1.82, 2.24) is 10.2 Å². The fraction of sp³-hybridized carbons (Fsp3) is 0.500. The zero-order valence-corrected chi connectivity index (χ0v) is 12.3. The molecule has 1 aromatic rings. The average Bonchev–Trinajstić information content (AvgIpc) is 2.47. The maximum Gasteiger partial charge on any atom is 0.260 e. The number of carbonyl (C=O) groups excluding carboxylic acids is 1. The van der Waals surface area contributed by atoms with Gasteiger partial charge in [0.05, 0.1) is 13.2 Å². The minimum atomic E-state index is -0.0151. The maximum atomic E-state index is 12.0. The van der Waals surface area contributed by atoms with Crippen molar-refractivity contribution in [3.8, 4) is 5.75 Å². The summed E-state index contributed by atoms with van der Waals surface area (Å²) in [4.78, 5) is 13.8. The van der Waals surface area contributed by atoms with Crippen molar-refractivity contribution in [1.29, 1.82) is 0 Å². The summed E-state index contributed by atoms with van der Waals surface area (Å²) in [6, 6.07) is 5.39. The number of amides is 1. The second-order valence-corrected chi connectivity index (χ2v) is 5.00. The lowest BCUT2D eigenvalue weighted by Gasteiger charge is -2.26. The highest BCUT2D eigenvalue weighted by Crippen LogP contribution is 2.22. The van der Waals surface area contributed by atoms with Crippen LogP contribution in [0.4, 0.5) is 0 Å². The third-order valence-electron chi connectivity index (χ3n) is 3.10. The molecule has 0 saturated carbocycles. The molecule has 20 heavy (non-hydrogen) atoms. The summed E-state index contributed by atoms with van der Waals surface area (Å²) in [6.45, 7) is 3.13. The van der Waals surface area contributed by atoms with Crippen molar-refractivity contribution in [3.05, 3.63) is 28.8 Å². The molecule has 1 N–H and O–H groups in total. The number of morpholine rings is 1. The van der Waals surface area contributed by atoms with Crippen LogP contribution in [-0.4, -0.2) is 50.8 Å². The van der Waals surface area contributed by atoms with Crippen LogP contribution in [0.25, 0.3) is 0 Å². The monoisotopic (exact) mass is 298 g/mol. The van der Waals surface area contributed by atoms with Gasteiger partial charge < -0.3 is 19.7 Å². The van der Waals surface area contributed by atoms with E-state index in [1.807, 2.05) is 13.1 Å². The van der Waals surface area contributed by atoms with Crippen molar-refractivity contribution < 1.29 is 14.3 Å². The van der Waals surface area contributed by atoms with Gasteiger partial charge in [-0.1, -0.05) is 11.6 Å². The van der Waals surface area contributed by atoms with E-state index in [4.69, 9.17) is 21.1 Å². The highest BCUT2D eigenvalue weighted by molar-refractivity contribution is 6.30. The Labute approximate surface area is 123 Å². The normalized spacial score (nSPS) is 15.2. The number of hydrogen-bond acceptors (Lipinski definition) is 4. The van der Waals surface area contributed by atoms with Crippen LogP contribution in [0.3, 0.4) is 0 Å². The molecule has 1 saturated heterocycles. The van der Waals surface area contributed by atoms with Crippen LogP contribution in [-0.2, 0) is 16.1 Å². The fourth-order valence-electron chi connectivity index (χ4n) is 2.06. The number of halogens is 1. The summed E-state index contributed by atoms with van der Waals surface area (Å²) >= 11 is 5.96. The maximum absolute atomic E-state index is 12.0. The van der Waals surface area contributed by atoms with Crippen LogP contribution < -0.4 is 10.1 Å². The first-order chi connectivity index (χ1) is 9.70. The van der Waals surface area contributed by atoms with Crippen LogP contribution in [0.5, 0.6) is 5.75 Å². The molecule has 2 rings (SSSR count). The Morgan fingerprint density at radius 2 is 2.20 bits per heavy atom. The van der Waals surface area contributed by atoms with E-state index in [2.05, 4.69) is 5.32 Å². The van der Waals surface area contributed by atoms with Gasteiger partial charge in [0.2, 0.25) is 0 Å². The molecule has 5 nitrogen and oxygen atoms in total. The Balaban J connectivity index is 1.94. The van der Waals surface area contributed by atoms with Crippen LogP contribution in [0.1, 0.15) is 5.56 Å². The topological polar surface area (TPSA) is 50.8 Å². The smallest absolute Gasteiger partial charge is 0.260 e. The van der Waals surface area contributed by atoms with Crippen LogP contribution >= 0.6 is 11.6 Å². The molecule has 1 amide bonds. The zero-order chi connectivity index (χ0) is 14.4. The van der Waals surface area contributed by atoms with Gasteiger partial charge >= 0.3 is 0 Å². The number of nitrogens with one attached hydrogen (secondary N) is 1. The van der Waals surface area contributed by atoms with E-state index in [9.17, 15) is 4.79 Å². The molecule has 1 aliphatic heterocycles. The Kier molecular flexibility index (Phi) is 5.64. The molecule has 1 aromatic carbocycles. The Bertz CT molecular complexity index is 462. The minimum Gasteiger partial charge on any atom is -0.483 e. The van der Waals surface area contributed by atoms with Crippen molar-refractivity contribution in [3.63, 3.8) is 0 Å². The number of nitrogens with zero attached hydrogens (tertiary/aromatic N) is 1. The molecule has 1 aliphatic rings. The van der Waals surface area contributed by atoms with Crippen LogP contribution in [0, 0.1) is 0 Å². The Morgan fingerprint density at radius 3 is 2.90 bits per heavy atom. The average molecular weight is 299 g/mol. The number of hydrogen-bond donors (Lipinski definition) is 1. The summed E-state index contributed by atoms with van der Waals surface area (Å²) in [5.74, 6) is 0.670. The predicted octanol–water partition coefficient (Wildman–Crippen LogP) is 1.30. The lowest BCUT2D eigenvalue weighted by Crippen LogP contribution is -2.43. The molecule has 0 aromatic heterocycles. The number of rotatable bonds is 5. The summed E-state index contributed by atoms with van der Waals surface area (Å²) < 4.78 is 10.8. The van der Waals surface area contributed by atoms with Gasteiger partial charge in [0.25, 0.3) is 5.91 Å². The third-order valence-corrected chi connectivity index (χ3v) is 3.34. The van der Waals surface area contributed by atoms with Crippen LogP contribution in [0.15, 0.2) is 18.2 Å². The SMILES string of the molecule is CNCc1cc(Cl)ccc1OCC(=O)N1CCOCC1. The highest BCUT2D eigenvalue weighted by Gasteiger charge is 2.17. The molecule has 0 bridgehead atoms. The first-order valence-electron chi connectivity index (χ1n) is 6.62. The summed E-state index contributed by atoms with van der Waals surface area (Å²) in [5, 5.41) is 3.71. The van der Waals surface area contributed by atoms with Gasteiger partial charge in [-0.05, 0) is 25.2 Å². The molecule has 1 heterocycles. The van der Waals surface area contributed by atoms with Crippen molar-refractivity contribution in [2.45, 2.75) is 6.54 Å². The number of ether oxygens (including phenoxy) is 2. The molecular weight excluding hydrogens is 280 g/mol. The largest absolute Gasteiger partial charge is 0.483 e. The van der Waals surface area contributed by atoms with Gasteiger partial charge in [0, 0.05) is 30.2 Å². The highest BCUT2D eigenvalue weighted by atomic mass is 35.5. The van der Waals surface area contributed by atoms with Crippen molar-refractivity contribution >= 4 is 17.5 Å². The molecule has 110 valence electrons. The molecule has 0 spiro atoms. The van der Waals surface area contributed by atoms with Gasteiger partial charge in [0.1, 0.15) is 5.75 Å². The molecule has 1 fully saturated rings. The van der Waals surface area contributed by atoms with Gasteiger partial charge in [-0.3, -0.25) is 4.79 Å². The van der Waals surface area contributed by atoms with E-state index in [-0.39, 0.29) is 12.5 Å². The Hall–Kier alpha value is -1.30. The molecule has 6 heteroatoms. The lowest BCUT2D eigenvalue weighted by molar-refractivity contribution is -0.137. The van der Waals surface area contributed by atoms with E-state index in [1.54, 1.807) is 17.0 Å². The second-order valence-electron chi connectivity index (χ2n) is 4.56. The van der Waals surface area contributed by atoms with E-state index in [0.29, 0.717) is 43.6 Å². The van der Waals surface area contributed by atoms with Gasteiger partial charge in [-0.15, -0.1) is 0 Å². The summed E-state index contributed by atoms with van der Waals surface area (Å²) in [6.07, 6.45) is 0. The number of carbonyl (C=O) groups is 1. The van der Waals surface area contributed by atoms with Crippen molar-refractivity contribution in [2.24, 2.45) is 0 Å². The minimum absolute atomic E-state index is 0.0151. The molecule has 0 aliphatic carbocycles. The molecule has 0 radical (unpaired) electrons. The Morgan fingerprint density at radius 1 is 1.45 bits per heavy atom. The van der Waals surface area contributed by atoms with E-state index in [1.165, 1.54) is 0 Å². The van der Waals surface area contributed by atoms with E-state index < -0.39 is 0 Å². The van der Waals surface area contributed by atoms with Gasteiger partial charge in [0.15, 0.2) is 6.61 Å². The molecular formula is C14H19ClN2O3. The van der Waals surface area contributed by atoms with E-state index in [0.717, 1.165) is 5.56 Å². The summed E-state index contributed by atoms with van der Waals surface area (Å²) in [7, 11) is 1.85. The van der Waals surface area contributed by atoms with E-state index >= 15 is 0 Å². The first kappa shape index (κ1) is 15.1. The standard InChI is InChI=1S/C14H19ClN2O3/c1-16-9-11-8-12(15)2-3-13(11)20-10-14(18)17-4-6-19-7-5-17/h2-3,8,16H,4-7,9-10H2,1H3. The predicted molar refractivity (Wildman–Crippen MR) is 77.1 cm³/mol. The first-order valence-corrected chi connectivity index (χ1v) is 7.00. The molecule has 0 unspecified atom stereocenters. The van der Waals surface area contributed by atoms with Gasteiger partial charge in [-0.25, -0.2) is 0 Å². The summed E-state index contributed by atoms with van der Waals surface area (Å²) in [5.41, 5.74) is 0.940. The third kappa shape index (κ3) is 4.10.